The molecule has 2 aromatic rings. The van der Waals surface area contributed by atoms with E-state index in [9.17, 15) is 5.11 Å². The summed E-state index contributed by atoms with van der Waals surface area (Å²) in [5.41, 5.74) is 1.07. The first kappa shape index (κ1) is 11.7. The highest BCUT2D eigenvalue weighted by atomic mass is 35.5. The number of nitrogens with zero attached hydrogens (tertiary/aromatic N) is 2. The molecule has 2 aromatic heterocycles. The summed E-state index contributed by atoms with van der Waals surface area (Å²) >= 11 is 5.78. The fraction of sp³-hybridized carbons (Fsp3) is 0.455. The highest BCUT2D eigenvalue weighted by Crippen LogP contribution is 2.20. The Bertz CT molecular complexity index is 559. The molecule has 1 aliphatic rings. The molecular weight excluding hydrogens is 256 g/mol. The maximum Gasteiger partial charge on any atom is 0.297 e. The van der Waals surface area contributed by atoms with Crippen molar-refractivity contribution in [2.45, 2.75) is 18.6 Å². The Labute approximate surface area is 108 Å². The second-order valence-electron chi connectivity index (χ2n) is 4.36. The van der Waals surface area contributed by atoms with Crippen molar-refractivity contribution < 1.29 is 9.52 Å². The van der Waals surface area contributed by atoms with Gasteiger partial charge in [-0.2, -0.15) is 4.98 Å². The van der Waals surface area contributed by atoms with Gasteiger partial charge in [0.15, 0.2) is 5.58 Å². The zero-order chi connectivity index (χ0) is 12.5. The van der Waals surface area contributed by atoms with Crippen LogP contribution in [0.25, 0.3) is 11.2 Å². The summed E-state index contributed by atoms with van der Waals surface area (Å²) in [6.45, 7) is 1.40. The van der Waals surface area contributed by atoms with E-state index in [2.05, 4.69) is 20.6 Å². The lowest BCUT2D eigenvalue weighted by Crippen LogP contribution is -2.45. The van der Waals surface area contributed by atoms with Crippen molar-refractivity contribution in [1.82, 2.24) is 15.3 Å². The van der Waals surface area contributed by atoms with Crippen molar-refractivity contribution in [3.8, 4) is 0 Å². The topological polar surface area (TPSA) is 83.2 Å². The molecule has 2 atom stereocenters. The van der Waals surface area contributed by atoms with Crippen LogP contribution in [0.5, 0.6) is 0 Å². The predicted octanol–water partition coefficient (Wildman–Crippen LogP) is 1.01. The van der Waals surface area contributed by atoms with Crippen LogP contribution in [-0.2, 0) is 0 Å². The molecule has 0 unspecified atom stereocenters. The summed E-state index contributed by atoms with van der Waals surface area (Å²) in [6, 6.07) is 3.89. The number of halogens is 1. The molecule has 96 valence electrons. The second kappa shape index (κ2) is 4.72. The average molecular weight is 269 g/mol. The van der Waals surface area contributed by atoms with Crippen LogP contribution in [0.4, 0.5) is 6.01 Å². The van der Waals surface area contributed by atoms with Crippen molar-refractivity contribution in [2.75, 3.05) is 18.4 Å². The van der Waals surface area contributed by atoms with Gasteiger partial charge < -0.3 is 20.2 Å². The molecule has 1 aliphatic heterocycles. The molecule has 0 bridgehead atoms. The van der Waals surface area contributed by atoms with E-state index in [-0.39, 0.29) is 12.1 Å². The summed E-state index contributed by atoms with van der Waals surface area (Å²) in [6.07, 6.45) is 0.327. The highest BCUT2D eigenvalue weighted by molar-refractivity contribution is 6.29. The van der Waals surface area contributed by atoms with Gasteiger partial charge in [0.05, 0.1) is 6.10 Å². The van der Waals surface area contributed by atoms with Crippen molar-refractivity contribution in [2.24, 2.45) is 0 Å². The normalized spacial score (nSPS) is 24.3. The molecular formula is C11H13ClN4O2. The van der Waals surface area contributed by atoms with Crippen LogP contribution in [0.1, 0.15) is 6.42 Å². The summed E-state index contributed by atoms with van der Waals surface area (Å²) < 4.78 is 5.51. The van der Waals surface area contributed by atoms with E-state index in [0.717, 1.165) is 6.54 Å². The van der Waals surface area contributed by atoms with E-state index in [4.69, 9.17) is 16.0 Å². The summed E-state index contributed by atoms with van der Waals surface area (Å²) in [5.74, 6) is 0. The quantitative estimate of drug-likeness (QED) is 0.705. The molecule has 0 amide bonds. The van der Waals surface area contributed by atoms with Crippen molar-refractivity contribution >= 4 is 28.8 Å². The Balaban J connectivity index is 1.78. The third kappa shape index (κ3) is 2.40. The summed E-state index contributed by atoms with van der Waals surface area (Å²) in [5, 5.41) is 16.2. The Morgan fingerprint density at radius 2 is 2.28 bits per heavy atom. The van der Waals surface area contributed by atoms with Crippen LogP contribution >= 0.6 is 11.6 Å². The number of pyridine rings is 1. The molecule has 0 radical (unpaired) electrons. The largest absolute Gasteiger partial charge is 0.422 e. The first-order valence-electron chi connectivity index (χ1n) is 5.79. The second-order valence-corrected chi connectivity index (χ2v) is 4.75. The SMILES string of the molecule is O[C@H]1CNC[C@H](Nc2nc3nc(Cl)ccc3o2)C1. The minimum atomic E-state index is -0.340. The molecule has 3 heterocycles. The molecule has 3 rings (SSSR count). The van der Waals surface area contributed by atoms with Crippen molar-refractivity contribution in [3.05, 3.63) is 17.3 Å². The van der Waals surface area contributed by atoms with Crippen molar-refractivity contribution in [3.63, 3.8) is 0 Å². The van der Waals surface area contributed by atoms with E-state index in [0.29, 0.717) is 35.4 Å². The van der Waals surface area contributed by atoms with E-state index in [1.807, 2.05) is 0 Å². The van der Waals surface area contributed by atoms with Crippen molar-refractivity contribution in [1.29, 1.82) is 0 Å². The van der Waals surface area contributed by atoms with Crippen LogP contribution in [0.15, 0.2) is 16.5 Å². The minimum absolute atomic E-state index is 0.0947. The molecule has 1 saturated heterocycles. The van der Waals surface area contributed by atoms with Crippen LogP contribution in [0, 0.1) is 0 Å². The van der Waals surface area contributed by atoms with Gasteiger partial charge in [-0.05, 0) is 18.6 Å². The number of piperidine rings is 1. The number of oxazole rings is 1. The number of aliphatic hydroxyl groups is 1. The fourth-order valence-electron chi connectivity index (χ4n) is 2.06. The number of fused-ring (bicyclic) bond motifs is 1. The maximum absolute atomic E-state index is 9.55. The number of hydrogen-bond acceptors (Lipinski definition) is 6. The van der Waals surface area contributed by atoms with Gasteiger partial charge >= 0.3 is 0 Å². The van der Waals surface area contributed by atoms with E-state index < -0.39 is 0 Å². The number of β-amino-alcohol motifs (C(OH)–C–C–N with tert-alkyl or cyclic N) is 1. The lowest BCUT2D eigenvalue weighted by Gasteiger charge is -2.26. The third-order valence-corrected chi connectivity index (χ3v) is 3.08. The van der Waals surface area contributed by atoms with Crippen LogP contribution in [0.2, 0.25) is 5.15 Å². The number of rotatable bonds is 2. The molecule has 0 aliphatic carbocycles. The molecule has 6 nitrogen and oxygen atoms in total. The Hall–Kier alpha value is -1.37. The first-order valence-corrected chi connectivity index (χ1v) is 6.17. The fourth-order valence-corrected chi connectivity index (χ4v) is 2.20. The number of hydrogen-bond donors (Lipinski definition) is 3. The highest BCUT2D eigenvalue weighted by Gasteiger charge is 2.21. The molecule has 18 heavy (non-hydrogen) atoms. The smallest absolute Gasteiger partial charge is 0.297 e. The van der Waals surface area contributed by atoms with Gasteiger partial charge in [-0.15, -0.1) is 0 Å². The molecule has 1 fully saturated rings. The van der Waals surface area contributed by atoms with E-state index in [1.54, 1.807) is 12.1 Å². The number of aliphatic hydroxyl groups excluding tert-OH is 1. The Morgan fingerprint density at radius 1 is 1.39 bits per heavy atom. The average Bonchev–Trinajstić information content (AvgIpc) is 2.70. The predicted molar refractivity (Wildman–Crippen MR) is 67.7 cm³/mol. The van der Waals surface area contributed by atoms with E-state index in [1.165, 1.54) is 0 Å². The summed E-state index contributed by atoms with van der Waals surface area (Å²) in [4.78, 5) is 8.27. The zero-order valence-corrected chi connectivity index (χ0v) is 10.3. The molecule has 0 aromatic carbocycles. The van der Waals surface area contributed by atoms with Gasteiger partial charge in [-0.1, -0.05) is 11.6 Å². The number of anilines is 1. The van der Waals surface area contributed by atoms with Crippen LogP contribution in [0.3, 0.4) is 0 Å². The number of nitrogens with one attached hydrogen (secondary N) is 2. The zero-order valence-electron chi connectivity index (χ0n) is 9.56. The molecule has 3 N–H and O–H groups in total. The summed E-state index contributed by atoms with van der Waals surface area (Å²) in [7, 11) is 0. The van der Waals surface area contributed by atoms with Crippen LogP contribution < -0.4 is 10.6 Å². The van der Waals surface area contributed by atoms with Gasteiger partial charge in [0.2, 0.25) is 5.65 Å². The van der Waals surface area contributed by atoms with Gasteiger partial charge in [0.1, 0.15) is 5.15 Å². The molecule has 7 heteroatoms. The first-order chi connectivity index (χ1) is 8.70. The Morgan fingerprint density at radius 3 is 3.11 bits per heavy atom. The van der Waals surface area contributed by atoms with E-state index >= 15 is 0 Å². The van der Waals surface area contributed by atoms with Crippen LogP contribution in [-0.4, -0.2) is 40.3 Å². The minimum Gasteiger partial charge on any atom is -0.422 e. The molecule has 0 saturated carbocycles. The van der Waals surface area contributed by atoms with Gasteiger partial charge in [-0.3, -0.25) is 0 Å². The number of aromatic nitrogens is 2. The van der Waals surface area contributed by atoms with Gasteiger partial charge in [0.25, 0.3) is 6.01 Å². The lowest BCUT2D eigenvalue weighted by molar-refractivity contribution is 0.136. The standard InChI is InChI=1S/C11H13ClN4O2/c12-9-2-1-8-10(15-9)16-11(18-8)14-6-3-7(17)5-13-4-6/h1-2,6-7,13,17H,3-5H2,(H,14,15,16)/t6-,7-/m1/s1. The lowest BCUT2D eigenvalue weighted by atomic mass is 10.1. The van der Waals surface area contributed by atoms with Gasteiger partial charge in [-0.25, -0.2) is 4.98 Å². The maximum atomic E-state index is 9.55. The third-order valence-electron chi connectivity index (χ3n) is 2.87. The Kier molecular flexibility index (Phi) is 3.07. The monoisotopic (exact) mass is 268 g/mol. The molecule has 0 spiro atoms. The van der Waals surface area contributed by atoms with Gasteiger partial charge in [0, 0.05) is 19.1 Å².